The van der Waals surface area contributed by atoms with Gasteiger partial charge in [0.15, 0.2) is 0 Å². The predicted octanol–water partition coefficient (Wildman–Crippen LogP) is 0.722. The molecular weight excluding hydrogens is 202 g/mol. The Morgan fingerprint density at radius 1 is 1.44 bits per heavy atom. The first-order chi connectivity index (χ1) is 7.85. The lowest BCUT2D eigenvalue weighted by Gasteiger charge is -2.36. The number of rotatable bonds is 2. The molecule has 1 aromatic carbocycles. The van der Waals surface area contributed by atoms with Gasteiger partial charge in [0, 0.05) is 18.8 Å². The van der Waals surface area contributed by atoms with Gasteiger partial charge in [-0.2, -0.15) is 5.26 Å². The molecule has 4 nitrogen and oxygen atoms in total. The van der Waals surface area contributed by atoms with Crippen LogP contribution in [0.3, 0.4) is 0 Å². The molecule has 1 aliphatic heterocycles. The molecular formula is C12H15N3O. The van der Waals surface area contributed by atoms with Gasteiger partial charge >= 0.3 is 0 Å². The molecule has 0 spiro atoms. The van der Waals surface area contributed by atoms with Crippen LogP contribution in [0.5, 0.6) is 0 Å². The molecule has 0 amide bonds. The van der Waals surface area contributed by atoms with E-state index in [0.717, 1.165) is 18.8 Å². The Morgan fingerprint density at radius 2 is 2.19 bits per heavy atom. The van der Waals surface area contributed by atoms with Gasteiger partial charge in [-0.3, -0.25) is 0 Å². The highest BCUT2D eigenvalue weighted by molar-refractivity contribution is 5.50. The quantitative estimate of drug-likeness (QED) is 0.793. The Labute approximate surface area is 95.2 Å². The molecule has 1 aliphatic rings. The van der Waals surface area contributed by atoms with Crippen molar-refractivity contribution in [3.8, 4) is 6.07 Å². The molecule has 0 saturated carbocycles. The fourth-order valence-corrected chi connectivity index (χ4v) is 1.92. The molecule has 1 aromatic rings. The highest BCUT2D eigenvalue weighted by Crippen LogP contribution is 2.19. The van der Waals surface area contributed by atoms with Gasteiger partial charge in [0.05, 0.1) is 30.9 Å². The zero-order valence-electron chi connectivity index (χ0n) is 9.10. The first-order valence-electron chi connectivity index (χ1n) is 5.40. The van der Waals surface area contributed by atoms with E-state index in [9.17, 15) is 0 Å². The third-order valence-electron chi connectivity index (χ3n) is 2.83. The molecule has 0 aliphatic carbocycles. The SMILES string of the molecule is N#Cc1ccc(N2CCOCC2CN)cc1. The van der Waals surface area contributed by atoms with Gasteiger partial charge in [0.25, 0.3) is 0 Å². The third-order valence-corrected chi connectivity index (χ3v) is 2.83. The summed E-state index contributed by atoms with van der Waals surface area (Å²) in [6.45, 7) is 2.85. The van der Waals surface area contributed by atoms with E-state index < -0.39 is 0 Å². The highest BCUT2D eigenvalue weighted by atomic mass is 16.5. The summed E-state index contributed by atoms with van der Waals surface area (Å²) >= 11 is 0. The normalized spacial score (nSPS) is 20.5. The second-order valence-electron chi connectivity index (χ2n) is 3.82. The van der Waals surface area contributed by atoms with E-state index in [4.69, 9.17) is 15.7 Å². The number of hydrogen-bond donors (Lipinski definition) is 1. The van der Waals surface area contributed by atoms with Gasteiger partial charge < -0.3 is 15.4 Å². The minimum atomic E-state index is 0.238. The van der Waals surface area contributed by atoms with Crippen molar-refractivity contribution in [1.29, 1.82) is 5.26 Å². The molecule has 1 atom stereocenters. The van der Waals surface area contributed by atoms with E-state index >= 15 is 0 Å². The molecule has 2 N–H and O–H groups in total. The maximum absolute atomic E-state index is 8.73. The van der Waals surface area contributed by atoms with Gasteiger partial charge in [-0.1, -0.05) is 0 Å². The van der Waals surface area contributed by atoms with Crippen LogP contribution in [0.15, 0.2) is 24.3 Å². The first-order valence-corrected chi connectivity index (χ1v) is 5.40. The number of hydrogen-bond acceptors (Lipinski definition) is 4. The molecule has 16 heavy (non-hydrogen) atoms. The van der Waals surface area contributed by atoms with Crippen molar-refractivity contribution in [2.75, 3.05) is 31.2 Å². The van der Waals surface area contributed by atoms with Gasteiger partial charge in [0.2, 0.25) is 0 Å². The van der Waals surface area contributed by atoms with Crippen LogP contribution in [-0.2, 0) is 4.74 Å². The molecule has 4 heteroatoms. The van der Waals surface area contributed by atoms with Crippen LogP contribution in [0.2, 0.25) is 0 Å². The topological polar surface area (TPSA) is 62.3 Å². The van der Waals surface area contributed by atoms with Crippen molar-refractivity contribution < 1.29 is 4.74 Å². The monoisotopic (exact) mass is 217 g/mol. The van der Waals surface area contributed by atoms with Gasteiger partial charge in [-0.25, -0.2) is 0 Å². The van der Waals surface area contributed by atoms with Crippen LogP contribution >= 0.6 is 0 Å². The molecule has 1 fully saturated rings. The standard InChI is InChI=1S/C12H15N3O/c13-7-10-1-3-11(4-2-10)15-5-6-16-9-12(15)8-14/h1-4,12H,5-6,8-9,14H2. The lowest BCUT2D eigenvalue weighted by molar-refractivity contribution is 0.0963. The second-order valence-corrected chi connectivity index (χ2v) is 3.82. The Bertz CT molecular complexity index is 382. The number of nitrogens with zero attached hydrogens (tertiary/aromatic N) is 2. The van der Waals surface area contributed by atoms with Crippen LogP contribution in [-0.4, -0.2) is 32.3 Å². The summed E-state index contributed by atoms with van der Waals surface area (Å²) in [7, 11) is 0. The lowest BCUT2D eigenvalue weighted by Crippen LogP contribution is -2.49. The summed E-state index contributed by atoms with van der Waals surface area (Å²) in [6, 6.07) is 9.95. The van der Waals surface area contributed by atoms with Crippen LogP contribution in [0.4, 0.5) is 5.69 Å². The minimum absolute atomic E-state index is 0.238. The molecule has 0 radical (unpaired) electrons. The summed E-state index contributed by atoms with van der Waals surface area (Å²) < 4.78 is 5.40. The van der Waals surface area contributed by atoms with Crippen molar-refractivity contribution in [3.63, 3.8) is 0 Å². The average Bonchev–Trinajstić information content (AvgIpc) is 2.39. The zero-order valence-corrected chi connectivity index (χ0v) is 9.10. The van der Waals surface area contributed by atoms with Crippen molar-refractivity contribution in [1.82, 2.24) is 0 Å². The van der Waals surface area contributed by atoms with Crippen molar-refractivity contribution >= 4 is 5.69 Å². The van der Waals surface area contributed by atoms with Crippen molar-refractivity contribution in [2.45, 2.75) is 6.04 Å². The Morgan fingerprint density at radius 3 is 2.81 bits per heavy atom. The summed E-state index contributed by atoms with van der Waals surface area (Å²) in [5.74, 6) is 0. The predicted molar refractivity (Wildman–Crippen MR) is 62.2 cm³/mol. The molecule has 0 bridgehead atoms. The van der Waals surface area contributed by atoms with E-state index in [1.54, 1.807) is 0 Å². The molecule has 1 unspecified atom stereocenters. The van der Waals surface area contributed by atoms with Gasteiger partial charge in [0.1, 0.15) is 0 Å². The van der Waals surface area contributed by atoms with E-state index in [2.05, 4.69) is 11.0 Å². The number of nitriles is 1. The fraction of sp³-hybridized carbons (Fsp3) is 0.417. The van der Waals surface area contributed by atoms with Gasteiger partial charge in [-0.15, -0.1) is 0 Å². The zero-order chi connectivity index (χ0) is 11.4. The maximum Gasteiger partial charge on any atom is 0.0991 e. The number of benzene rings is 1. The summed E-state index contributed by atoms with van der Waals surface area (Å²) in [6.07, 6.45) is 0. The minimum Gasteiger partial charge on any atom is -0.377 e. The Kier molecular flexibility index (Phi) is 3.40. The summed E-state index contributed by atoms with van der Waals surface area (Å²) in [4.78, 5) is 2.24. The molecule has 1 saturated heterocycles. The Balaban J connectivity index is 2.18. The number of nitrogens with two attached hydrogens (primary N) is 1. The summed E-state index contributed by atoms with van der Waals surface area (Å²) in [5.41, 5.74) is 7.50. The number of morpholine rings is 1. The highest BCUT2D eigenvalue weighted by Gasteiger charge is 2.21. The fourth-order valence-electron chi connectivity index (χ4n) is 1.92. The van der Waals surface area contributed by atoms with Gasteiger partial charge in [-0.05, 0) is 24.3 Å². The van der Waals surface area contributed by atoms with Crippen LogP contribution < -0.4 is 10.6 Å². The van der Waals surface area contributed by atoms with Crippen LogP contribution in [0, 0.1) is 11.3 Å². The Hall–Kier alpha value is -1.57. The van der Waals surface area contributed by atoms with E-state index in [1.165, 1.54) is 0 Å². The number of anilines is 1. The number of ether oxygens (including phenoxy) is 1. The molecule has 2 rings (SSSR count). The van der Waals surface area contributed by atoms with E-state index in [0.29, 0.717) is 18.7 Å². The van der Waals surface area contributed by atoms with E-state index in [1.807, 2.05) is 24.3 Å². The maximum atomic E-state index is 8.73. The van der Waals surface area contributed by atoms with Crippen molar-refractivity contribution in [2.24, 2.45) is 5.73 Å². The smallest absolute Gasteiger partial charge is 0.0991 e. The second kappa shape index (κ2) is 4.97. The van der Waals surface area contributed by atoms with Crippen LogP contribution in [0.25, 0.3) is 0 Å². The molecule has 1 heterocycles. The third kappa shape index (κ3) is 2.16. The molecule has 84 valence electrons. The largest absolute Gasteiger partial charge is 0.377 e. The molecule has 0 aromatic heterocycles. The average molecular weight is 217 g/mol. The van der Waals surface area contributed by atoms with Crippen molar-refractivity contribution in [3.05, 3.63) is 29.8 Å². The summed E-state index contributed by atoms with van der Waals surface area (Å²) in [5, 5.41) is 8.73. The van der Waals surface area contributed by atoms with E-state index in [-0.39, 0.29) is 6.04 Å². The lowest BCUT2D eigenvalue weighted by atomic mass is 10.1. The van der Waals surface area contributed by atoms with Crippen LogP contribution in [0.1, 0.15) is 5.56 Å². The first kappa shape index (κ1) is 10.9.